The summed E-state index contributed by atoms with van der Waals surface area (Å²) in [5.41, 5.74) is -0.615. The summed E-state index contributed by atoms with van der Waals surface area (Å²) in [5.74, 6) is -3.50. The smallest absolute Gasteiger partial charge is 0.434 e. The summed E-state index contributed by atoms with van der Waals surface area (Å²) in [7, 11) is 0. The molecule has 0 spiro atoms. The Morgan fingerprint density at radius 2 is 1.62 bits per heavy atom. The van der Waals surface area contributed by atoms with Gasteiger partial charge in [0.25, 0.3) is 6.10 Å². The normalized spacial score (nSPS) is 23.4. The zero-order valence-corrected chi connectivity index (χ0v) is 13.0. The minimum atomic E-state index is -5.77. The van der Waals surface area contributed by atoms with Gasteiger partial charge in [-0.3, -0.25) is 4.79 Å². The molecule has 4 nitrogen and oxygen atoms in total. The third-order valence-corrected chi connectivity index (χ3v) is 3.72. The van der Waals surface area contributed by atoms with Gasteiger partial charge >= 0.3 is 24.3 Å². The molecule has 1 aliphatic carbocycles. The molecule has 1 saturated carbocycles. The van der Waals surface area contributed by atoms with Gasteiger partial charge in [-0.15, -0.1) is 0 Å². The second-order valence-electron chi connectivity index (χ2n) is 5.84. The molecule has 1 fully saturated rings. The molecule has 0 aromatic carbocycles. The Labute approximate surface area is 133 Å². The lowest BCUT2D eigenvalue weighted by Crippen LogP contribution is -2.45. The number of esters is 2. The number of hydrogen-bond donors (Lipinski definition) is 0. The van der Waals surface area contributed by atoms with Crippen LogP contribution >= 0.6 is 0 Å². The highest BCUT2D eigenvalue weighted by molar-refractivity contribution is 5.83. The van der Waals surface area contributed by atoms with E-state index in [0.29, 0.717) is 6.08 Å². The molecule has 10 heteroatoms. The molecule has 0 bridgehead atoms. The summed E-state index contributed by atoms with van der Waals surface area (Å²) in [6.07, 6.45) is -14.2. The first-order valence-electron chi connectivity index (χ1n) is 6.91. The van der Waals surface area contributed by atoms with E-state index in [9.17, 15) is 35.9 Å². The van der Waals surface area contributed by atoms with Crippen LogP contribution in [-0.2, 0) is 19.1 Å². The topological polar surface area (TPSA) is 52.6 Å². The van der Waals surface area contributed by atoms with Crippen molar-refractivity contribution in [1.29, 1.82) is 0 Å². The molecule has 2 atom stereocenters. The van der Waals surface area contributed by atoms with Crippen molar-refractivity contribution in [1.82, 2.24) is 0 Å². The van der Waals surface area contributed by atoms with Crippen LogP contribution in [-0.4, -0.2) is 37.0 Å². The molecule has 2 unspecified atom stereocenters. The molecule has 138 valence electrons. The summed E-state index contributed by atoms with van der Waals surface area (Å²) in [4.78, 5) is 22.9. The molecule has 0 aromatic heterocycles. The summed E-state index contributed by atoms with van der Waals surface area (Å²) >= 11 is 0. The van der Waals surface area contributed by atoms with Crippen LogP contribution in [0.25, 0.3) is 0 Å². The van der Waals surface area contributed by atoms with E-state index in [1.807, 2.05) is 0 Å². The van der Waals surface area contributed by atoms with Gasteiger partial charge in [-0.05, 0) is 18.3 Å². The quantitative estimate of drug-likeness (QED) is 0.427. The van der Waals surface area contributed by atoms with Gasteiger partial charge in [0, 0.05) is 6.08 Å². The van der Waals surface area contributed by atoms with Crippen LogP contribution in [0.3, 0.4) is 0 Å². The molecule has 0 radical (unpaired) electrons. The molecule has 0 N–H and O–H groups in total. The number of carbonyl (C=O) groups is 2. The van der Waals surface area contributed by atoms with Crippen LogP contribution in [0.4, 0.5) is 26.3 Å². The van der Waals surface area contributed by atoms with E-state index in [0.717, 1.165) is 6.08 Å². The summed E-state index contributed by atoms with van der Waals surface area (Å²) in [6, 6.07) is 0. The highest BCUT2D eigenvalue weighted by Gasteiger charge is 2.62. The fourth-order valence-corrected chi connectivity index (χ4v) is 2.38. The monoisotopic (exact) mass is 362 g/mol. The number of carbonyl (C=O) groups excluding carboxylic acids is 2. The van der Waals surface area contributed by atoms with Gasteiger partial charge in [-0.1, -0.05) is 19.9 Å². The Balaban J connectivity index is 2.74. The Morgan fingerprint density at radius 3 is 2.04 bits per heavy atom. The van der Waals surface area contributed by atoms with Crippen LogP contribution in [0, 0.1) is 17.3 Å². The van der Waals surface area contributed by atoms with Crippen LogP contribution in [0.5, 0.6) is 0 Å². The number of ether oxygens (including phenoxy) is 2. The number of hydrogen-bond acceptors (Lipinski definition) is 4. The second-order valence-corrected chi connectivity index (χ2v) is 5.84. The summed E-state index contributed by atoms with van der Waals surface area (Å²) in [5, 5.41) is 0. The van der Waals surface area contributed by atoms with Crippen LogP contribution in [0.2, 0.25) is 0 Å². The van der Waals surface area contributed by atoms with Gasteiger partial charge in [0.2, 0.25) is 0 Å². The van der Waals surface area contributed by atoms with E-state index in [2.05, 4.69) is 4.74 Å². The molecule has 0 amide bonds. The van der Waals surface area contributed by atoms with Gasteiger partial charge in [-0.25, -0.2) is 4.79 Å². The van der Waals surface area contributed by atoms with E-state index < -0.39 is 47.6 Å². The van der Waals surface area contributed by atoms with Crippen LogP contribution in [0.1, 0.15) is 20.8 Å². The van der Waals surface area contributed by atoms with Crippen molar-refractivity contribution in [2.75, 3.05) is 6.61 Å². The van der Waals surface area contributed by atoms with Gasteiger partial charge in [0.05, 0.1) is 12.5 Å². The van der Waals surface area contributed by atoms with Gasteiger partial charge in [0.1, 0.15) is 0 Å². The highest BCUT2D eigenvalue weighted by Crippen LogP contribution is 2.59. The lowest BCUT2D eigenvalue weighted by atomic mass is 10.1. The maximum Gasteiger partial charge on any atom is 0.434 e. The van der Waals surface area contributed by atoms with E-state index in [1.165, 1.54) is 0 Å². The molecule has 0 aromatic rings. The molecular formula is C14H16F6O4. The number of allylic oxidation sites excluding steroid dienone is 1. The van der Waals surface area contributed by atoms with Crippen LogP contribution < -0.4 is 0 Å². The minimum absolute atomic E-state index is 0.128. The molecular weight excluding hydrogens is 346 g/mol. The largest absolute Gasteiger partial charge is 0.466 e. The first kappa shape index (κ1) is 20.3. The number of rotatable bonds is 5. The van der Waals surface area contributed by atoms with E-state index in [-0.39, 0.29) is 6.61 Å². The molecule has 0 heterocycles. The number of alkyl halides is 6. The Hall–Kier alpha value is -1.74. The summed E-state index contributed by atoms with van der Waals surface area (Å²) in [6.45, 7) is 5.03. The van der Waals surface area contributed by atoms with Crippen molar-refractivity contribution >= 4 is 11.9 Å². The minimum Gasteiger partial charge on any atom is -0.466 e. The summed E-state index contributed by atoms with van der Waals surface area (Å²) < 4.78 is 82.0. The SMILES string of the molecule is CCOC(=O)C1C(C=CC(=O)OC(C(F)(F)F)C(F)(F)F)C1(C)C. The van der Waals surface area contributed by atoms with E-state index in [4.69, 9.17) is 4.74 Å². The zero-order chi connectivity index (χ0) is 18.9. The van der Waals surface area contributed by atoms with E-state index >= 15 is 0 Å². The van der Waals surface area contributed by atoms with Crippen molar-refractivity contribution in [2.45, 2.75) is 39.2 Å². The zero-order valence-electron chi connectivity index (χ0n) is 13.0. The van der Waals surface area contributed by atoms with Crippen molar-refractivity contribution in [3.8, 4) is 0 Å². The lowest BCUT2D eigenvalue weighted by molar-refractivity contribution is -0.312. The maximum atomic E-state index is 12.3. The first-order valence-corrected chi connectivity index (χ1v) is 6.91. The second kappa shape index (κ2) is 6.64. The van der Waals surface area contributed by atoms with Crippen molar-refractivity contribution < 1.29 is 45.4 Å². The third-order valence-electron chi connectivity index (χ3n) is 3.72. The first-order chi connectivity index (χ1) is 10.7. The van der Waals surface area contributed by atoms with Crippen molar-refractivity contribution in [3.05, 3.63) is 12.2 Å². The standard InChI is InChI=1S/C14H16F6O4/c1-4-23-10(22)9-7(12(9,2)3)5-6-8(21)24-11(13(15,16)17)14(18,19)20/h5-7,9,11H,4H2,1-3H3. The molecule has 1 rings (SSSR count). The van der Waals surface area contributed by atoms with Crippen molar-refractivity contribution in [2.24, 2.45) is 17.3 Å². The molecule has 0 aliphatic heterocycles. The maximum absolute atomic E-state index is 12.3. The van der Waals surface area contributed by atoms with Crippen LogP contribution in [0.15, 0.2) is 12.2 Å². The third kappa shape index (κ3) is 4.64. The fraction of sp³-hybridized carbons (Fsp3) is 0.714. The molecule has 1 aliphatic rings. The number of halogens is 6. The van der Waals surface area contributed by atoms with Crippen molar-refractivity contribution in [3.63, 3.8) is 0 Å². The predicted molar refractivity (Wildman–Crippen MR) is 68.5 cm³/mol. The van der Waals surface area contributed by atoms with Gasteiger partial charge in [0.15, 0.2) is 0 Å². The Bertz CT molecular complexity index is 506. The Morgan fingerprint density at radius 1 is 1.12 bits per heavy atom. The lowest BCUT2D eigenvalue weighted by Gasteiger charge is -2.22. The van der Waals surface area contributed by atoms with Gasteiger partial charge in [-0.2, -0.15) is 26.3 Å². The Kier molecular flexibility index (Phi) is 5.62. The predicted octanol–water partition coefficient (Wildman–Crippen LogP) is 3.41. The van der Waals surface area contributed by atoms with Gasteiger partial charge < -0.3 is 9.47 Å². The van der Waals surface area contributed by atoms with E-state index in [1.54, 1.807) is 20.8 Å². The average molecular weight is 362 g/mol. The fourth-order valence-electron chi connectivity index (χ4n) is 2.38. The highest BCUT2D eigenvalue weighted by atomic mass is 19.4. The molecule has 0 saturated heterocycles. The average Bonchev–Trinajstić information content (AvgIpc) is 2.92. The molecule has 24 heavy (non-hydrogen) atoms.